The summed E-state index contributed by atoms with van der Waals surface area (Å²) in [5.41, 5.74) is 5.63. The lowest BCUT2D eigenvalue weighted by Gasteiger charge is -2.09. The summed E-state index contributed by atoms with van der Waals surface area (Å²) in [5, 5.41) is 1.02. The SMILES string of the molecule is Cc1cc(/C=C/c2sc3ccccc3[n+]2CCCS(=O)(=O)[O-])c(C)n1-c1ccc(I)cc1. The van der Waals surface area contributed by atoms with Gasteiger partial charge in [0.2, 0.25) is 5.52 Å². The summed E-state index contributed by atoms with van der Waals surface area (Å²) in [7, 11) is -4.22. The monoisotopic (exact) mass is 578 g/mol. The Morgan fingerprint density at radius 3 is 2.53 bits per heavy atom. The van der Waals surface area contributed by atoms with Gasteiger partial charge in [0.15, 0.2) is 6.54 Å². The minimum atomic E-state index is -4.22. The van der Waals surface area contributed by atoms with Gasteiger partial charge >= 0.3 is 0 Å². The van der Waals surface area contributed by atoms with E-state index >= 15 is 0 Å². The smallest absolute Gasteiger partial charge is 0.262 e. The zero-order valence-electron chi connectivity index (χ0n) is 17.8. The van der Waals surface area contributed by atoms with Gasteiger partial charge in [0, 0.05) is 45.0 Å². The Bertz CT molecular complexity index is 1400. The number of aryl methyl sites for hydroxylation is 2. The molecule has 32 heavy (non-hydrogen) atoms. The van der Waals surface area contributed by atoms with Crippen molar-refractivity contribution in [3.8, 4) is 5.69 Å². The number of benzene rings is 2. The number of thiazole rings is 1. The molecule has 0 saturated carbocycles. The molecule has 0 aliphatic rings. The van der Waals surface area contributed by atoms with E-state index < -0.39 is 10.1 Å². The highest BCUT2D eigenvalue weighted by molar-refractivity contribution is 14.1. The number of fused-ring (bicyclic) bond motifs is 1. The lowest BCUT2D eigenvalue weighted by atomic mass is 10.2. The molecule has 2 aromatic carbocycles. The van der Waals surface area contributed by atoms with Crippen LogP contribution in [0, 0.1) is 17.4 Å². The molecule has 0 aliphatic heterocycles. The minimum Gasteiger partial charge on any atom is -0.748 e. The molecular formula is C24H23IN2O3S2. The predicted octanol–water partition coefficient (Wildman–Crippen LogP) is 5.31. The maximum atomic E-state index is 11.0. The summed E-state index contributed by atoms with van der Waals surface area (Å²) >= 11 is 3.97. The van der Waals surface area contributed by atoms with Crippen LogP contribution in [0.5, 0.6) is 0 Å². The van der Waals surface area contributed by atoms with Crippen molar-refractivity contribution in [3.63, 3.8) is 0 Å². The fourth-order valence-corrected chi connectivity index (χ4v) is 5.84. The van der Waals surface area contributed by atoms with Crippen LogP contribution in [0.1, 0.15) is 28.4 Å². The van der Waals surface area contributed by atoms with Gasteiger partial charge in [0.1, 0.15) is 4.70 Å². The van der Waals surface area contributed by atoms with Crippen molar-refractivity contribution in [1.82, 2.24) is 4.57 Å². The van der Waals surface area contributed by atoms with E-state index in [0.29, 0.717) is 13.0 Å². The molecule has 5 nitrogen and oxygen atoms in total. The van der Waals surface area contributed by atoms with Crippen LogP contribution in [-0.2, 0) is 16.7 Å². The molecule has 0 amide bonds. The van der Waals surface area contributed by atoms with Gasteiger partial charge in [-0.05, 0) is 84.5 Å². The topological polar surface area (TPSA) is 66.0 Å². The molecule has 0 spiro atoms. The molecule has 166 valence electrons. The van der Waals surface area contributed by atoms with Crippen LogP contribution >= 0.6 is 33.9 Å². The maximum Gasteiger partial charge on any atom is 0.262 e. The largest absolute Gasteiger partial charge is 0.748 e. The first-order valence-electron chi connectivity index (χ1n) is 10.2. The third-order valence-corrected chi connectivity index (χ3v) is 8.01. The van der Waals surface area contributed by atoms with Crippen LogP contribution in [0.3, 0.4) is 0 Å². The van der Waals surface area contributed by atoms with E-state index in [2.05, 4.69) is 94.1 Å². The van der Waals surface area contributed by atoms with Crippen molar-refractivity contribution < 1.29 is 17.5 Å². The summed E-state index contributed by atoms with van der Waals surface area (Å²) in [4.78, 5) is 0. The molecular weight excluding hydrogens is 555 g/mol. The van der Waals surface area contributed by atoms with Crippen molar-refractivity contribution in [2.24, 2.45) is 0 Å². The molecule has 2 aromatic heterocycles. The van der Waals surface area contributed by atoms with Crippen molar-refractivity contribution >= 4 is 66.4 Å². The molecule has 0 unspecified atom stereocenters. The molecule has 0 N–H and O–H groups in total. The van der Waals surface area contributed by atoms with Crippen molar-refractivity contribution in [3.05, 3.63) is 80.1 Å². The van der Waals surface area contributed by atoms with Gasteiger partial charge in [-0.3, -0.25) is 0 Å². The second kappa shape index (κ2) is 9.46. The van der Waals surface area contributed by atoms with Crippen LogP contribution in [0.4, 0.5) is 0 Å². The molecule has 0 bridgehead atoms. The van der Waals surface area contributed by atoms with Gasteiger partial charge in [-0.1, -0.05) is 23.5 Å². The summed E-state index contributed by atoms with van der Waals surface area (Å²) in [6, 6.07) is 18.7. The average molecular weight is 578 g/mol. The number of rotatable bonds is 7. The second-order valence-electron chi connectivity index (χ2n) is 7.65. The molecule has 0 aliphatic carbocycles. The Morgan fingerprint density at radius 1 is 1.09 bits per heavy atom. The van der Waals surface area contributed by atoms with E-state index in [1.54, 1.807) is 11.3 Å². The van der Waals surface area contributed by atoms with Crippen LogP contribution < -0.4 is 4.57 Å². The van der Waals surface area contributed by atoms with E-state index in [0.717, 1.165) is 37.9 Å². The normalized spacial score (nSPS) is 12.2. The molecule has 0 saturated heterocycles. The van der Waals surface area contributed by atoms with E-state index in [1.807, 2.05) is 18.2 Å². The summed E-state index contributed by atoms with van der Waals surface area (Å²) in [5.74, 6) is -0.357. The number of nitrogens with zero attached hydrogens (tertiary/aromatic N) is 2. The minimum absolute atomic E-state index is 0.291. The van der Waals surface area contributed by atoms with E-state index in [1.165, 1.54) is 3.57 Å². The second-order valence-corrected chi connectivity index (χ2v) is 11.5. The van der Waals surface area contributed by atoms with Gasteiger partial charge in [-0.2, -0.15) is 4.57 Å². The number of halogens is 1. The first kappa shape index (κ1) is 23.2. The molecule has 0 fully saturated rings. The number of aromatic nitrogens is 2. The van der Waals surface area contributed by atoms with Gasteiger partial charge in [-0.15, -0.1) is 0 Å². The summed E-state index contributed by atoms with van der Waals surface area (Å²) < 4.78 is 39.8. The van der Waals surface area contributed by atoms with Crippen molar-refractivity contribution in [2.45, 2.75) is 26.8 Å². The fourth-order valence-electron chi connectivity index (χ4n) is 3.91. The molecule has 8 heteroatoms. The highest BCUT2D eigenvalue weighted by Crippen LogP contribution is 2.25. The first-order chi connectivity index (χ1) is 15.2. The Kier molecular flexibility index (Phi) is 6.85. The quantitative estimate of drug-likeness (QED) is 0.170. The highest BCUT2D eigenvalue weighted by Gasteiger charge is 2.18. The van der Waals surface area contributed by atoms with E-state index in [9.17, 15) is 13.0 Å². The summed E-state index contributed by atoms with van der Waals surface area (Å²) in [6.45, 7) is 4.70. The van der Waals surface area contributed by atoms with Crippen LogP contribution in [0.15, 0.2) is 54.6 Å². The molecule has 2 heterocycles. The Labute approximate surface area is 205 Å². The standard InChI is InChI=1S/C24H23IN2O3S2/c1-17-16-19(18(2)27(17)21-11-9-20(25)10-12-21)8-13-24-26(14-5-15-32(28,29)30)22-6-3-4-7-23(22)31-24/h3-4,6-13,16H,5,14-15H2,1-2H3. The zero-order chi connectivity index (χ0) is 22.9. The van der Waals surface area contributed by atoms with Gasteiger partial charge < -0.3 is 9.12 Å². The van der Waals surface area contributed by atoms with Crippen molar-refractivity contribution in [1.29, 1.82) is 0 Å². The number of para-hydroxylation sites is 1. The van der Waals surface area contributed by atoms with E-state index in [4.69, 9.17) is 0 Å². The maximum absolute atomic E-state index is 11.0. The predicted molar refractivity (Wildman–Crippen MR) is 138 cm³/mol. The van der Waals surface area contributed by atoms with Crippen LogP contribution in [0.25, 0.3) is 28.1 Å². The van der Waals surface area contributed by atoms with Gasteiger partial charge in [0.25, 0.3) is 5.01 Å². The molecule has 0 atom stereocenters. The molecule has 0 radical (unpaired) electrons. The van der Waals surface area contributed by atoms with Crippen molar-refractivity contribution in [2.75, 3.05) is 5.75 Å². The number of hydrogen-bond donors (Lipinski definition) is 0. The lowest BCUT2D eigenvalue weighted by molar-refractivity contribution is -0.668. The van der Waals surface area contributed by atoms with Gasteiger partial charge in [-0.25, -0.2) is 8.42 Å². The Balaban J connectivity index is 1.68. The third kappa shape index (κ3) is 5.14. The lowest BCUT2D eigenvalue weighted by Crippen LogP contribution is -2.35. The Morgan fingerprint density at radius 2 is 1.81 bits per heavy atom. The molecule has 4 rings (SSSR count). The summed E-state index contributed by atoms with van der Waals surface area (Å²) in [6.07, 6.45) is 4.48. The number of hydrogen-bond acceptors (Lipinski definition) is 4. The van der Waals surface area contributed by atoms with E-state index in [-0.39, 0.29) is 5.75 Å². The fraction of sp³-hybridized carbons (Fsp3) is 0.208. The highest BCUT2D eigenvalue weighted by atomic mass is 127. The first-order valence-corrected chi connectivity index (χ1v) is 13.7. The van der Waals surface area contributed by atoms with Crippen LogP contribution in [0.2, 0.25) is 0 Å². The zero-order valence-corrected chi connectivity index (χ0v) is 21.6. The van der Waals surface area contributed by atoms with Crippen LogP contribution in [-0.4, -0.2) is 23.3 Å². The average Bonchev–Trinajstić information content (AvgIpc) is 3.23. The molecule has 4 aromatic rings. The third-order valence-electron chi connectivity index (χ3n) is 5.37. The van der Waals surface area contributed by atoms with Gasteiger partial charge in [0.05, 0.1) is 10.1 Å². The Hall–Kier alpha value is -2.01.